The largest absolute Gasteiger partial charge is 0.496 e. The Bertz CT molecular complexity index is 690. The summed E-state index contributed by atoms with van der Waals surface area (Å²) in [6, 6.07) is 7.35. The summed E-state index contributed by atoms with van der Waals surface area (Å²) in [5.41, 5.74) is 1.70. The van der Waals surface area contributed by atoms with E-state index in [1.165, 1.54) is 4.57 Å². The molecule has 0 radical (unpaired) electrons. The number of ether oxygens (including phenoxy) is 1. The van der Waals surface area contributed by atoms with Crippen molar-refractivity contribution in [2.45, 2.75) is 26.4 Å². The lowest BCUT2D eigenvalue weighted by Crippen LogP contribution is -2.33. The Hall–Kier alpha value is -2.08. The molecule has 0 aliphatic rings. The minimum atomic E-state index is -0.197. The number of thiazole rings is 1. The molecule has 1 aromatic carbocycles. The van der Waals surface area contributed by atoms with Crippen LogP contribution in [0, 0.1) is 6.92 Å². The smallest absolute Gasteiger partial charge is 0.307 e. The number of aromatic nitrogens is 1. The van der Waals surface area contributed by atoms with Gasteiger partial charge in [0.15, 0.2) is 0 Å². The van der Waals surface area contributed by atoms with Gasteiger partial charge in [0.1, 0.15) is 12.3 Å². The summed E-state index contributed by atoms with van der Waals surface area (Å²) in [5.74, 6) is 0.534. The van der Waals surface area contributed by atoms with Gasteiger partial charge in [0.05, 0.1) is 13.2 Å². The summed E-state index contributed by atoms with van der Waals surface area (Å²) < 4.78 is 6.75. The lowest BCUT2D eigenvalue weighted by Gasteiger charge is -2.17. The molecule has 0 aliphatic heterocycles. The van der Waals surface area contributed by atoms with Gasteiger partial charge in [-0.15, -0.1) is 0 Å². The molecule has 112 valence electrons. The van der Waals surface area contributed by atoms with Crippen molar-refractivity contribution in [3.05, 3.63) is 50.6 Å². The van der Waals surface area contributed by atoms with Gasteiger partial charge in [-0.2, -0.15) is 0 Å². The first-order chi connectivity index (χ1) is 10.0. The van der Waals surface area contributed by atoms with Gasteiger partial charge in [-0.25, -0.2) is 0 Å². The van der Waals surface area contributed by atoms with E-state index < -0.39 is 0 Å². The third-order valence-electron chi connectivity index (χ3n) is 3.26. The number of carbonyl (C=O) groups excluding carboxylic acids is 1. The van der Waals surface area contributed by atoms with Crippen molar-refractivity contribution in [2.75, 3.05) is 7.11 Å². The highest BCUT2D eigenvalue weighted by Gasteiger charge is 2.15. The molecule has 1 heterocycles. The Morgan fingerprint density at radius 2 is 2.14 bits per heavy atom. The normalized spacial score (nSPS) is 12.0. The quantitative estimate of drug-likeness (QED) is 0.920. The average molecular weight is 306 g/mol. The average Bonchev–Trinajstić information content (AvgIpc) is 2.79. The highest BCUT2D eigenvalue weighted by atomic mass is 32.1. The molecule has 0 fully saturated rings. The number of aryl methyl sites for hydroxylation is 1. The van der Waals surface area contributed by atoms with Crippen molar-refractivity contribution in [3.8, 4) is 5.75 Å². The monoisotopic (exact) mass is 306 g/mol. The molecule has 1 atom stereocenters. The van der Waals surface area contributed by atoms with E-state index in [0.29, 0.717) is 0 Å². The minimum Gasteiger partial charge on any atom is -0.496 e. The molecule has 1 amide bonds. The van der Waals surface area contributed by atoms with Crippen LogP contribution < -0.4 is 14.9 Å². The zero-order chi connectivity index (χ0) is 15.4. The number of methoxy groups -OCH3 is 1. The SMILES string of the molecule is COc1ccccc1[C@@H](C)NC(=O)Cn1c(C)csc1=O. The van der Waals surface area contributed by atoms with Crippen molar-refractivity contribution < 1.29 is 9.53 Å². The highest BCUT2D eigenvalue weighted by molar-refractivity contribution is 7.07. The van der Waals surface area contributed by atoms with Gasteiger partial charge in [-0.3, -0.25) is 14.2 Å². The molecule has 1 N–H and O–H groups in total. The van der Waals surface area contributed by atoms with E-state index in [1.54, 1.807) is 12.5 Å². The van der Waals surface area contributed by atoms with Gasteiger partial charge < -0.3 is 10.1 Å². The zero-order valence-corrected chi connectivity index (χ0v) is 13.1. The molecule has 0 aliphatic carbocycles. The Morgan fingerprint density at radius 1 is 1.43 bits per heavy atom. The molecule has 0 bridgehead atoms. The first-order valence-electron chi connectivity index (χ1n) is 6.60. The fraction of sp³-hybridized carbons (Fsp3) is 0.333. The number of amides is 1. The van der Waals surface area contributed by atoms with Crippen LogP contribution in [0.3, 0.4) is 0 Å². The van der Waals surface area contributed by atoms with Crippen LogP contribution in [0.5, 0.6) is 5.75 Å². The molecule has 6 heteroatoms. The summed E-state index contributed by atoms with van der Waals surface area (Å²) in [7, 11) is 1.60. The van der Waals surface area contributed by atoms with Gasteiger partial charge in [0.2, 0.25) is 5.91 Å². The third-order valence-corrected chi connectivity index (χ3v) is 4.14. The summed E-state index contributed by atoms with van der Waals surface area (Å²) in [6.45, 7) is 3.74. The van der Waals surface area contributed by atoms with E-state index in [4.69, 9.17) is 4.74 Å². The molecule has 5 nitrogen and oxygen atoms in total. The fourth-order valence-electron chi connectivity index (χ4n) is 2.13. The van der Waals surface area contributed by atoms with Gasteiger partial charge in [-0.05, 0) is 19.9 Å². The molecule has 0 saturated heterocycles. The molecule has 0 saturated carbocycles. The Labute approximate surface area is 127 Å². The van der Waals surface area contributed by atoms with Crippen molar-refractivity contribution in [1.29, 1.82) is 0 Å². The number of benzene rings is 1. The molecule has 21 heavy (non-hydrogen) atoms. The van der Waals surface area contributed by atoms with E-state index >= 15 is 0 Å². The second-order valence-electron chi connectivity index (χ2n) is 4.76. The molecule has 2 rings (SSSR count). The summed E-state index contributed by atoms with van der Waals surface area (Å²) in [4.78, 5) is 23.6. The predicted molar refractivity (Wildman–Crippen MR) is 82.9 cm³/mol. The van der Waals surface area contributed by atoms with Crippen molar-refractivity contribution in [3.63, 3.8) is 0 Å². The number of hydrogen-bond acceptors (Lipinski definition) is 4. The van der Waals surface area contributed by atoms with E-state index in [-0.39, 0.29) is 23.4 Å². The van der Waals surface area contributed by atoms with Crippen molar-refractivity contribution >= 4 is 17.2 Å². The number of hydrogen-bond donors (Lipinski definition) is 1. The topological polar surface area (TPSA) is 60.3 Å². The summed E-state index contributed by atoms with van der Waals surface area (Å²) >= 11 is 1.10. The van der Waals surface area contributed by atoms with E-state index in [1.807, 2.05) is 38.1 Å². The highest BCUT2D eigenvalue weighted by Crippen LogP contribution is 2.24. The first-order valence-corrected chi connectivity index (χ1v) is 7.48. The van der Waals surface area contributed by atoms with E-state index in [0.717, 1.165) is 28.3 Å². The first kappa shape index (κ1) is 15.3. The maximum atomic E-state index is 12.1. The van der Waals surface area contributed by atoms with Crippen LogP contribution in [0.25, 0.3) is 0 Å². The van der Waals surface area contributed by atoms with Crippen LogP contribution in [0.15, 0.2) is 34.4 Å². The van der Waals surface area contributed by atoms with Gasteiger partial charge >= 0.3 is 4.87 Å². The van der Waals surface area contributed by atoms with Gasteiger partial charge in [-0.1, -0.05) is 29.5 Å². The van der Waals surface area contributed by atoms with E-state index in [9.17, 15) is 9.59 Å². The minimum absolute atomic E-state index is 0.0354. The van der Waals surface area contributed by atoms with Crippen LogP contribution in [-0.2, 0) is 11.3 Å². The Kier molecular flexibility index (Phi) is 4.80. The molecule has 2 aromatic rings. The number of para-hydroxylation sites is 1. The molecular weight excluding hydrogens is 288 g/mol. The van der Waals surface area contributed by atoms with Crippen LogP contribution in [0.2, 0.25) is 0 Å². The maximum absolute atomic E-state index is 12.1. The number of carbonyl (C=O) groups is 1. The standard InChI is InChI=1S/C15H18N2O3S/c1-10-9-21-15(19)17(10)8-14(18)16-11(2)12-6-4-5-7-13(12)20-3/h4-7,9,11H,8H2,1-3H3,(H,16,18)/t11-/m1/s1. The van der Waals surface area contributed by atoms with Gasteiger partial charge in [0, 0.05) is 16.6 Å². The van der Waals surface area contributed by atoms with Gasteiger partial charge in [0.25, 0.3) is 0 Å². The van der Waals surface area contributed by atoms with Crippen molar-refractivity contribution in [2.24, 2.45) is 0 Å². The van der Waals surface area contributed by atoms with Crippen molar-refractivity contribution in [1.82, 2.24) is 9.88 Å². The van der Waals surface area contributed by atoms with Crippen LogP contribution in [0.1, 0.15) is 24.2 Å². The molecular formula is C15H18N2O3S. The molecule has 0 unspecified atom stereocenters. The summed E-state index contributed by atoms with van der Waals surface area (Å²) in [6.07, 6.45) is 0. The fourth-order valence-corrected chi connectivity index (χ4v) is 2.86. The van der Waals surface area contributed by atoms with E-state index in [2.05, 4.69) is 5.32 Å². The van der Waals surface area contributed by atoms with Crippen LogP contribution >= 0.6 is 11.3 Å². The lowest BCUT2D eigenvalue weighted by molar-refractivity contribution is -0.122. The summed E-state index contributed by atoms with van der Waals surface area (Å²) in [5, 5.41) is 4.64. The molecule has 0 spiro atoms. The zero-order valence-electron chi connectivity index (χ0n) is 12.3. The third kappa shape index (κ3) is 3.52. The Morgan fingerprint density at radius 3 is 2.76 bits per heavy atom. The second-order valence-corrected chi connectivity index (χ2v) is 5.58. The number of nitrogens with one attached hydrogen (secondary N) is 1. The second kappa shape index (κ2) is 6.58. The lowest BCUT2D eigenvalue weighted by atomic mass is 10.1. The maximum Gasteiger partial charge on any atom is 0.307 e. The van der Waals surface area contributed by atoms with Crippen LogP contribution in [0.4, 0.5) is 0 Å². The molecule has 1 aromatic heterocycles. The Balaban J connectivity index is 2.07. The number of rotatable bonds is 5. The predicted octanol–water partition coefficient (Wildman–Crippen LogP) is 2.10. The number of nitrogens with zero attached hydrogens (tertiary/aromatic N) is 1. The van der Waals surface area contributed by atoms with Crippen LogP contribution in [-0.4, -0.2) is 17.6 Å².